The zero-order valence-corrected chi connectivity index (χ0v) is 10.1. The van der Waals surface area contributed by atoms with Crippen LogP contribution in [0, 0.1) is 0 Å². The van der Waals surface area contributed by atoms with E-state index in [1.807, 2.05) is 6.07 Å². The van der Waals surface area contributed by atoms with Crippen molar-refractivity contribution in [3.63, 3.8) is 0 Å². The summed E-state index contributed by atoms with van der Waals surface area (Å²) in [4.78, 5) is 29.5. The molecule has 18 heavy (non-hydrogen) atoms. The van der Waals surface area contributed by atoms with Gasteiger partial charge in [-0.2, -0.15) is 0 Å². The maximum atomic E-state index is 11.8. The Kier molecular flexibility index (Phi) is 3.74. The molecule has 2 heterocycles. The van der Waals surface area contributed by atoms with E-state index in [0.717, 1.165) is 5.56 Å². The van der Waals surface area contributed by atoms with Crippen LogP contribution in [0.3, 0.4) is 0 Å². The first kappa shape index (κ1) is 12.3. The molecule has 92 valence electrons. The van der Waals surface area contributed by atoms with E-state index in [1.54, 1.807) is 18.5 Å². The van der Waals surface area contributed by atoms with Gasteiger partial charge in [-0.1, -0.05) is 17.7 Å². The Morgan fingerprint density at radius 3 is 3.06 bits per heavy atom. The van der Waals surface area contributed by atoms with Gasteiger partial charge in [0.05, 0.1) is 5.02 Å². The van der Waals surface area contributed by atoms with E-state index < -0.39 is 11.5 Å². The van der Waals surface area contributed by atoms with Crippen molar-refractivity contribution in [2.75, 3.05) is 0 Å². The normalized spacial score (nSPS) is 10.1. The molecular formula is C12H10ClN3O2. The minimum atomic E-state index is -0.470. The zero-order valence-electron chi connectivity index (χ0n) is 9.31. The predicted molar refractivity (Wildman–Crippen MR) is 67.5 cm³/mol. The smallest absolute Gasteiger partial charge is 0.260 e. The lowest BCUT2D eigenvalue weighted by Gasteiger charge is -2.04. The molecular weight excluding hydrogens is 254 g/mol. The van der Waals surface area contributed by atoms with Crippen molar-refractivity contribution in [1.82, 2.24) is 15.3 Å². The van der Waals surface area contributed by atoms with Crippen LogP contribution in [0.5, 0.6) is 0 Å². The lowest BCUT2D eigenvalue weighted by molar-refractivity contribution is 0.0949. The molecule has 0 atom stereocenters. The first-order chi connectivity index (χ1) is 8.66. The van der Waals surface area contributed by atoms with Crippen molar-refractivity contribution in [2.24, 2.45) is 0 Å². The number of carbonyl (C=O) groups is 1. The second-order valence-electron chi connectivity index (χ2n) is 3.60. The second kappa shape index (κ2) is 5.46. The number of aromatic amines is 1. The van der Waals surface area contributed by atoms with Crippen LogP contribution in [0.15, 0.2) is 41.6 Å². The summed E-state index contributed by atoms with van der Waals surface area (Å²) in [5, 5.41) is 2.93. The van der Waals surface area contributed by atoms with Crippen molar-refractivity contribution < 1.29 is 4.79 Å². The highest BCUT2D eigenvalue weighted by atomic mass is 35.5. The largest absolute Gasteiger partial charge is 0.348 e. The molecule has 6 heteroatoms. The molecule has 0 aliphatic heterocycles. The Bertz CT molecular complexity index is 610. The van der Waals surface area contributed by atoms with E-state index >= 15 is 0 Å². The quantitative estimate of drug-likeness (QED) is 0.878. The summed E-state index contributed by atoms with van der Waals surface area (Å²) in [5.41, 5.74) is 0.374. The number of amides is 1. The van der Waals surface area contributed by atoms with Crippen LogP contribution >= 0.6 is 11.6 Å². The Balaban J connectivity index is 2.09. The van der Waals surface area contributed by atoms with Gasteiger partial charge in [0.2, 0.25) is 0 Å². The molecule has 2 aromatic rings. The highest BCUT2D eigenvalue weighted by Gasteiger charge is 2.10. The van der Waals surface area contributed by atoms with Crippen LogP contribution < -0.4 is 10.9 Å². The number of H-pyrrole nitrogens is 1. The van der Waals surface area contributed by atoms with Crippen molar-refractivity contribution in [1.29, 1.82) is 0 Å². The number of nitrogens with zero attached hydrogens (tertiary/aromatic N) is 1. The zero-order chi connectivity index (χ0) is 13.0. The Morgan fingerprint density at radius 1 is 1.50 bits per heavy atom. The third-order valence-electron chi connectivity index (χ3n) is 2.29. The summed E-state index contributed by atoms with van der Waals surface area (Å²) in [6, 6.07) is 4.93. The highest BCUT2D eigenvalue weighted by molar-refractivity contribution is 6.30. The minimum absolute atomic E-state index is 0.00797. The Labute approximate surface area is 108 Å². The Hall–Kier alpha value is -2.14. The van der Waals surface area contributed by atoms with Crippen molar-refractivity contribution in [3.05, 3.63) is 63.3 Å². The van der Waals surface area contributed by atoms with Gasteiger partial charge in [-0.05, 0) is 17.7 Å². The minimum Gasteiger partial charge on any atom is -0.348 e. The average molecular weight is 264 g/mol. The van der Waals surface area contributed by atoms with E-state index in [4.69, 9.17) is 11.6 Å². The molecule has 1 amide bonds. The van der Waals surface area contributed by atoms with Crippen LogP contribution in [0.4, 0.5) is 0 Å². The van der Waals surface area contributed by atoms with Gasteiger partial charge >= 0.3 is 0 Å². The lowest BCUT2D eigenvalue weighted by atomic mass is 10.2. The van der Waals surface area contributed by atoms with Gasteiger partial charge in [0, 0.05) is 25.1 Å². The van der Waals surface area contributed by atoms with Gasteiger partial charge in [-0.25, -0.2) is 0 Å². The van der Waals surface area contributed by atoms with E-state index in [1.165, 1.54) is 12.3 Å². The van der Waals surface area contributed by atoms with Crippen molar-refractivity contribution in [2.45, 2.75) is 6.54 Å². The number of carbonyl (C=O) groups excluding carboxylic acids is 1. The molecule has 2 rings (SSSR count). The van der Waals surface area contributed by atoms with Crippen LogP contribution in [0.2, 0.25) is 5.02 Å². The fourth-order valence-electron chi connectivity index (χ4n) is 1.41. The van der Waals surface area contributed by atoms with Gasteiger partial charge in [0.15, 0.2) is 0 Å². The number of aromatic nitrogens is 2. The predicted octanol–water partition coefficient (Wildman–Crippen LogP) is 1.35. The van der Waals surface area contributed by atoms with Gasteiger partial charge in [-0.15, -0.1) is 0 Å². The maximum absolute atomic E-state index is 11.8. The topological polar surface area (TPSA) is 74.8 Å². The second-order valence-corrected chi connectivity index (χ2v) is 4.04. The average Bonchev–Trinajstić information content (AvgIpc) is 2.40. The number of hydrogen-bond donors (Lipinski definition) is 2. The lowest BCUT2D eigenvalue weighted by Crippen LogP contribution is -2.29. The number of nitrogens with one attached hydrogen (secondary N) is 2. The SMILES string of the molecule is O=C(NCc1cccnc1)c1cc(Cl)c[nH]c1=O. The Morgan fingerprint density at radius 2 is 2.33 bits per heavy atom. The summed E-state index contributed by atoms with van der Waals surface area (Å²) in [6.07, 6.45) is 4.62. The molecule has 0 fully saturated rings. The molecule has 0 unspecified atom stereocenters. The van der Waals surface area contributed by atoms with Crippen molar-refractivity contribution >= 4 is 17.5 Å². The third-order valence-corrected chi connectivity index (χ3v) is 2.51. The molecule has 0 aliphatic rings. The summed E-state index contributed by atoms with van der Waals surface area (Å²) in [7, 11) is 0. The van der Waals surface area contributed by atoms with Crippen molar-refractivity contribution in [3.8, 4) is 0 Å². The number of pyridine rings is 2. The number of hydrogen-bond acceptors (Lipinski definition) is 3. The molecule has 5 nitrogen and oxygen atoms in total. The molecule has 2 aromatic heterocycles. The first-order valence-electron chi connectivity index (χ1n) is 5.22. The summed E-state index contributed by atoms with van der Waals surface area (Å²) < 4.78 is 0. The standard InChI is InChI=1S/C12H10ClN3O2/c13-9-4-10(12(18)16-7-9)11(17)15-6-8-2-1-3-14-5-8/h1-5,7H,6H2,(H,15,17)(H,16,18). The van der Waals surface area contributed by atoms with Gasteiger partial charge < -0.3 is 10.3 Å². The van der Waals surface area contributed by atoms with Gasteiger partial charge in [0.25, 0.3) is 11.5 Å². The molecule has 0 saturated carbocycles. The molecule has 0 saturated heterocycles. The number of halogens is 1. The molecule has 0 spiro atoms. The molecule has 0 aromatic carbocycles. The summed E-state index contributed by atoms with van der Waals surface area (Å²) in [6.45, 7) is 0.304. The highest BCUT2D eigenvalue weighted by Crippen LogP contribution is 2.05. The van der Waals surface area contributed by atoms with Gasteiger partial charge in [0.1, 0.15) is 5.56 Å². The van der Waals surface area contributed by atoms with Crippen LogP contribution in [0.1, 0.15) is 15.9 Å². The monoisotopic (exact) mass is 263 g/mol. The van der Waals surface area contributed by atoms with E-state index in [-0.39, 0.29) is 5.56 Å². The van der Waals surface area contributed by atoms with E-state index in [9.17, 15) is 9.59 Å². The first-order valence-corrected chi connectivity index (χ1v) is 5.60. The molecule has 0 radical (unpaired) electrons. The number of rotatable bonds is 3. The molecule has 0 aliphatic carbocycles. The van der Waals surface area contributed by atoms with Crippen LogP contribution in [-0.2, 0) is 6.54 Å². The van der Waals surface area contributed by atoms with Crippen LogP contribution in [-0.4, -0.2) is 15.9 Å². The van der Waals surface area contributed by atoms with E-state index in [2.05, 4.69) is 15.3 Å². The molecule has 0 bridgehead atoms. The fraction of sp³-hybridized carbons (Fsp3) is 0.0833. The summed E-state index contributed by atoms with van der Waals surface area (Å²) >= 11 is 5.72. The van der Waals surface area contributed by atoms with E-state index in [0.29, 0.717) is 11.6 Å². The molecule has 2 N–H and O–H groups in total. The third kappa shape index (κ3) is 2.95. The van der Waals surface area contributed by atoms with Crippen LogP contribution in [0.25, 0.3) is 0 Å². The maximum Gasteiger partial charge on any atom is 0.260 e. The fourth-order valence-corrected chi connectivity index (χ4v) is 1.57. The van der Waals surface area contributed by atoms with Gasteiger partial charge in [-0.3, -0.25) is 14.6 Å². The summed E-state index contributed by atoms with van der Waals surface area (Å²) in [5.74, 6) is -0.470.